The van der Waals surface area contributed by atoms with Crippen LogP contribution in [-0.2, 0) is 99.2 Å². The number of nitrogens with one attached hydrogen (secondary N) is 14. The van der Waals surface area contributed by atoms with E-state index < -0.39 is 188 Å². The Hall–Kier alpha value is -12.1. The number of aliphatic carboxylic acids is 1. The number of benzene rings is 4. The van der Waals surface area contributed by atoms with Gasteiger partial charge in [-0.25, -0.2) is 4.98 Å². The third-order valence-corrected chi connectivity index (χ3v) is 17.5. The van der Waals surface area contributed by atoms with Gasteiger partial charge < -0.3 is 111 Å². The third kappa shape index (κ3) is 25.1. The number of carboxylic acids is 1. The monoisotopic (exact) mass is 1500 g/mol. The number of aromatic amines is 3. The summed E-state index contributed by atoms with van der Waals surface area (Å²) < 4.78 is 0. The summed E-state index contributed by atoms with van der Waals surface area (Å²) in [7, 11) is 0. The predicted octanol–water partition coefficient (Wildman–Crippen LogP) is -5.26. The number of aromatic nitrogens is 4. The molecule has 4 aromatic carbocycles. The molecule has 0 bridgehead atoms. The summed E-state index contributed by atoms with van der Waals surface area (Å²) in [6, 6.07) is 11.6. The fourth-order valence-electron chi connectivity index (χ4n) is 11.2. The van der Waals surface area contributed by atoms with E-state index in [1.54, 1.807) is 128 Å². The minimum atomic E-state index is -1.93. The Bertz CT molecular complexity index is 4260. The number of para-hydroxylation sites is 2. The first-order valence-electron chi connectivity index (χ1n) is 33.6. The topological polar surface area (TPSA) is 591 Å². The molecule has 36 nitrogen and oxygen atoms in total. The van der Waals surface area contributed by atoms with Gasteiger partial charge >= 0.3 is 5.97 Å². The maximum Gasteiger partial charge on any atom is 0.322 e. The van der Waals surface area contributed by atoms with Crippen LogP contribution in [0.4, 0.5) is 0 Å². The number of rotatable bonds is 43. The zero-order valence-electron chi connectivity index (χ0n) is 57.8. The molecule has 107 heavy (non-hydrogen) atoms. The number of aliphatic hydroxyl groups excluding tert-OH is 3. The van der Waals surface area contributed by atoms with Crippen molar-refractivity contribution < 1.29 is 87.5 Å². The van der Waals surface area contributed by atoms with Crippen molar-refractivity contribution in [2.24, 2.45) is 17.2 Å². The van der Waals surface area contributed by atoms with Gasteiger partial charge in [0.15, 0.2) is 0 Å². The highest BCUT2D eigenvalue weighted by atomic mass is 32.2. The molecule has 0 saturated carbocycles. The summed E-state index contributed by atoms with van der Waals surface area (Å²) in [6.45, 7) is -3.97. The molecule has 0 saturated heterocycles. The van der Waals surface area contributed by atoms with Crippen LogP contribution in [0, 0.1) is 0 Å². The van der Waals surface area contributed by atoms with Crippen LogP contribution in [0.3, 0.4) is 0 Å². The van der Waals surface area contributed by atoms with E-state index in [4.69, 9.17) is 22.3 Å². The Kier molecular flexibility index (Phi) is 31.4. The molecule has 0 spiro atoms. The number of carbonyl (C=O) groups is 14. The van der Waals surface area contributed by atoms with E-state index in [1.165, 1.54) is 24.3 Å². The lowest BCUT2D eigenvalue weighted by Crippen LogP contribution is -2.62. The van der Waals surface area contributed by atoms with Crippen LogP contribution in [0.2, 0.25) is 0 Å². The number of nitrogens with two attached hydrogens (primary N) is 3. The van der Waals surface area contributed by atoms with Gasteiger partial charge in [0.2, 0.25) is 76.8 Å². The molecule has 0 radical (unpaired) electrons. The van der Waals surface area contributed by atoms with Crippen molar-refractivity contribution in [1.82, 2.24) is 78.4 Å². The van der Waals surface area contributed by atoms with Gasteiger partial charge in [0.25, 0.3) is 0 Å². The number of imidazole rings is 1. The molecular weight excluding hydrogens is 1410 g/mol. The first kappa shape index (κ1) is 82.2. The summed E-state index contributed by atoms with van der Waals surface area (Å²) >= 11 is 1.27. The predicted molar refractivity (Wildman–Crippen MR) is 386 cm³/mol. The van der Waals surface area contributed by atoms with Crippen LogP contribution in [0.25, 0.3) is 21.8 Å². The zero-order chi connectivity index (χ0) is 77.7. The minimum Gasteiger partial charge on any atom is -0.480 e. The number of primary amides is 2. The van der Waals surface area contributed by atoms with E-state index >= 15 is 4.79 Å². The van der Waals surface area contributed by atoms with E-state index in [0.29, 0.717) is 49.8 Å². The van der Waals surface area contributed by atoms with Crippen LogP contribution in [0.15, 0.2) is 134 Å². The lowest BCUT2D eigenvalue weighted by atomic mass is 10.0. The second kappa shape index (κ2) is 40.8. The van der Waals surface area contributed by atoms with Crippen LogP contribution in [0.5, 0.6) is 0 Å². The zero-order valence-corrected chi connectivity index (χ0v) is 58.7. The van der Waals surface area contributed by atoms with Gasteiger partial charge in [-0.05, 0) is 52.8 Å². The first-order valence-corrected chi connectivity index (χ1v) is 35.0. The van der Waals surface area contributed by atoms with Gasteiger partial charge in [-0.3, -0.25) is 67.1 Å². The van der Waals surface area contributed by atoms with Crippen molar-refractivity contribution in [3.63, 3.8) is 0 Å². The highest BCUT2D eigenvalue weighted by Gasteiger charge is 2.38. The number of amides is 13. The molecule has 11 atom stereocenters. The summed E-state index contributed by atoms with van der Waals surface area (Å²) in [5.41, 5.74) is 21.1. The smallest absolute Gasteiger partial charge is 0.322 e. The van der Waals surface area contributed by atoms with E-state index in [-0.39, 0.29) is 44.3 Å². The number of hydrogen-bond acceptors (Lipinski definition) is 20. The molecule has 0 aliphatic rings. The van der Waals surface area contributed by atoms with E-state index in [1.807, 2.05) is 5.32 Å². The van der Waals surface area contributed by atoms with Gasteiger partial charge in [-0.15, -0.1) is 0 Å². The number of carboxylic acid groups (broad SMARTS) is 1. The average molecular weight is 1500 g/mol. The van der Waals surface area contributed by atoms with Crippen molar-refractivity contribution in [2.75, 3.05) is 38.4 Å². The van der Waals surface area contributed by atoms with E-state index in [2.05, 4.69) is 73.1 Å². The van der Waals surface area contributed by atoms with Crippen molar-refractivity contribution >= 4 is 116 Å². The Labute approximate surface area is 615 Å². The number of nitrogens with zero attached hydrogens (tertiary/aromatic N) is 1. The molecule has 3 heterocycles. The Morgan fingerprint density at radius 1 is 0.421 bits per heavy atom. The molecule has 37 heteroatoms. The summed E-state index contributed by atoms with van der Waals surface area (Å²) in [5.74, 6) is -15.4. The van der Waals surface area contributed by atoms with Crippen molar-refractivity contribution in [2.45, 2.75) is 118 Å². The molecule has 7 rings (SSSR count). The number of carbonyl (C=O) groups excluding carboxylic acids is 13. The Balaban J connectivity index is 1.14. The minimum absolute atomic E-state index is 0.0113. The van der Waals surface area contributed by atoms with E-state index in [0.717, 1.165) is 0 Å². The SMILES string of the molecule is CSCC[C@H](NC(=O)[C@H](Cc1c[nH]c2ccccc12)NC(=O)[C@H](CO)NC(=O)[C@@H](N)Cc1cnc[nH]1)C(=O)N[C@@H](CC(N)=O)C(=O)N[C@@H](Cc1c[nH]c2ccccc12)C(=O)N[C@@H](Cc1ccccc1)C(=O)N[C@@H](CC(N)=O)C(=O)N[C@@H](Cc1ccccc1)C(=O)N[C@@H](CO)C(=O)N[C@@H](CO)C(=O)NCC(=O)O. The number of fused-ring (bicyclic) bond motifs is 2. The quantitative estimate of drug-likeness (QED) is 0.0170. The maximum absolute atomic E-state index is 15.2. The molecule has 7 aromatic rings. The first-order chi connectivity index (χ1) is 51.3. The van der Waals surface area contributed by atoms with Crippen molar-refractivity contribution in [3.8, 4) is 0 Å². The van der Waals surface area contributed by atoms with Crippen molar-refractivity contribution in [1.29, 1.82) is 0 Å². The molecule has 3 aromatic heterocycles. The van der Waals surface area contributed by atoms with Gasteiger partial charge in [-0.2, -0.15) is 11.8 Å². The second-order valence-electron chi connectivity index (χ2n) is 24.8. The molecule has 570 valence electrons. The van der Waals surface area contributed by atoms with Gasteiger partial charge in [-0.1, -0.05) is 97.1 Å². The standard InChI is InChI=1S/C70H86N18O18S/c1-107-21-20-47(79-65(101)50(24-39-29-75-45-18-10-8-16-42(39)45)83-69(105)55(34-90)86-60(96)44(71)26-41-31-74-36-78-41)62(98)84-52(27-57(72)92)68(104)82-51(25-40-30-76-46-19-11-9-17-43(40)46)66(102)80-48(22-37-12-4-2-5-13-37)63(99)85-53(28-58(73)93)67(103)81-49(23-38-14-6-3-7-15-38)64(100)88-56(35-91)70(106)87-54(33-89)61(97)77-32-59(94)95/h2-19,29-31,36,44,47-56,75-76,89-91H,20-28,32-35,71H2,1H3,(H2,72,92)(H2,73,93)(H,74,78)(H,77,97)(H,79,101)(H,80,102)(H,81,103)(H,82,104)(H,83,105)(H,84,98)(H,85,99)(H,86,96)(H,87,106)(H,88,100)(H,94,95)/t44-,47-,48-,49-,50-,51-,52-,53-,54-,55-,56-/m0/s1. The summed E-state index contributed by atoms with van der Waals surface area (Å²) in [5, 5.41) is 67.3. The maximum atomic E-state index is 15.2. The molecule has 24 N–H and O–H groups in total. The molecular formula is C70H86N18O18S. The number of aliphatic hydroxyl groups is 3. The molecule has 0 aliphatic heterocycles. The van der Waals surface area contributed by atoms with Crippen LogP contribution < -0.4 is 75.7 Å². The third-order valence-electron chi connectivity index (χ3n) is 16.8. The lowest BCUT2D eigenvalue weighted by molar-refractivity contribution is -0.139. The van der Waals surface area contributed by atoms with Crippen LogP contribution in [0.1, 0.15) is 47.2 Å². The highest BCUT2D eigenvalue weighted by molar-refractivity contribution is 7.98. The summed E-state index contributed by atoms with van der Waals surface area (Å²) in [4.78, 5) is 206. The van der Waals surface area contributed by atoms with Crippen LogP contribution >= 0.6 is 11.8 Å². The van der Waals surface area contributed by atoms with Crippen molar-refractivity contribution in [3.05, 3.63) is 162 Å². The highest BCUT2D eigenvalue weighted by Crippen LogP contribution is 2.22. The van der Waals surface area contributed by atoms with Gasteiger partial charge in [0, 0.05) is 78.2 Å². The Morgan fingerprint density at radius 3 is 1.16 bits per heavy atom. The Morgan fingerprint density at radius 2 is 0.766 bits per heavy atom. The number of H-pyrrole nitrogens is 3. The molecule has 13 amide bonds. The second-order valence-corrected chi connectivity index (χ2v) is 25.8. The number of thioether (sulfide) groups is 1. The fourth-order valence-corrected chi connectivity index (χ4v) is 11.7. The lowest BCUT2D eigenvalue weighted by Gasteiger charge is -2.28. The molecule has 0 fully saturated rings. The molecule has 0 unspecified atom stereocenters. The largest absolute Gasteiger partial charge is 0.480 e. The van der Waals surface area contributed by atoms with Crippen LogP contribution in [-0.4, -0.2) is 228 Å². The molecule has 0 aliphatic carbocycles. The average Bonchev–Trinajstić information content (AvgIpc) is 1.77. The summed E-state index contributed by atoms with van der Waals surface area (Å²) in [6.07, 6.45) is 4.51. The van der Waals surface area contributed by atoms with E-state index in [9.17, 15) is 77.6 Å². The normalized spacial score (nSPS) is 14.2. The fraction of sp³-hybridized carbons (Fsp3) is 0.357. The van der Waals surface area contributed by atoms with Gasteiger partial charge in [0.05, 0.1) is 45.0 Å². The van der Waals surface area contributed by atoms with Gasteiger partial charge in [0.1, 0.15) is 67.0 Å². The number of hydrogen-bond donors (Lipinski definition) is 21.